The summed E-state index contributed by atoms with van der Waals surface area (Å²) < 4.78 is 34.5. The number of hydrogen-bond donors (Lipinski definition) is 1. The largest absolute Gasteiger partial charge is 0.488 e. The Kier molecular flexibility index (Phi) is 5.86. The van der Waals surface area contributed by atoms with Crippen LogP contribution in [0.5, 0.6) is 5.75 Å². The van der Waals surface area contributed by atoms with Gasteiger partial charge < -0.3 is 10.1 Å². The molecule has 1 aliphatic heterocycles. The Morgan fingerprint density at radius 2 is 2.13 bits per heavy atom. The summed E-state index contributed by atoms with van der Waals surface area (Å²) in [4.78, 5) is 12.5. The van der Waals surface area contributed by atoms with Gasteiger partial charge in [-0.3, -0.25) is 4.79 Å². The minimum atomic E-state index is -0.545. The number of fused-ring (bicyclic) bond motifs is 1. The van der Waals surface area contributed by atoms with Crippen molar-refractivity contribution < 1.29 is 18.3 Å². The van der Waals surface area contributed by atoms with E-state index in [-0.39, 0.29) is 18.0 Å². The van der Waals surface area contributed by atoms with Gasteiger partial charge in [-0.2, -0.15) is 5.10 Å². The molecule has 0 bridgehead atoms. The highest BCUT2D eigenvalue weighted by Crippen LogP contribution is 2.29. The number of aryl methyl sites for hydroxylation is 1. The number of benzene rings is 2. The third-order valence-corrected chi connectivity index (χ3v) is 4.98. The molecule has 0 fully saturated rings. The van der Waals surface area contributed by atoms with Crippen LogP contribution in [0.25, 0.3) is 6.08 Å². The third-order valence-electron chi connectivity index (χ3n) is 4.75. The van der Waals surface area contributed by atoms with Gasteiger partial charge in [0.15, 0.2) is 0 Å². The van der Waals surface area contributed by atoms with E-state index in [1.165, 1.54) is 10.8 Å². The minimum absolute atomic E-state index is 0.0205. The van der Waals surface area contributed by atoms with Gasteiger partial charge in [0, 0.05) is 27.8 Å². The Bertz CT molecular complexity index is 1220. The van der Waals surface area contributed by atoms with Crippen LogP contribution in [-0.4, -0.2) is 22.3 Å². The lowest BCUT2D eigenvalue weighted by Gasteiger charge is -2.16. The van der Waals surface area contributed by atoms with E-state index in [4.69, 9.17) is 16.3 Å². The molecule has 4 rings (SSSR count). The van der Waals surface area contributed by atoms with Gasteiger partial charge in [0.05, 0.1) is 12.7 Å². The van der Waals surface area contributed by atoms with Crippen molar-refractivity contribution >= 4 is 29.4 Å². The highest BCUT2D eigenvalue weighted by Gasteiger charge is 2.14. The standard InChI is InChI=1S/C23H18ClF2N3O2/c1-14-11-27-29(12-17-10-19(25)4-5-20(17)26)23(14)28-22(30)7-2-15-8-16-9-18(24)3-6-21(16)31-13-15/h2-11H,12-13H2,1H3,(H,28,30)/b7-2+. The van der Waals surface area contributed by atoms with Gasteiger partial charge >= 0.3 is 0 Å². The van der Waals surface area contributed by atoms with Gasteiger partial charge in [0.1, 0.15) is 29.8 Å². The first-order valence-electron chi connectivity index (χ1n) is 9.47. The maximum atomic E-state index is 14.0. The number of carbonyl (C=O) groups is 1. The lowest BCUT2D eigenvalue weighted by atomic mass is 10.1. The maximum absolute atomic E-state index is 14.0. The fourth-order valence-corrected chi connectivity index (χ4v) is 3.37. The van der Waals surface area contributed by atoms with E-state index >= 15 is 0 Å². The Hall–Kier alpha value is -3.45. The van der Waals surface area contributed by atoms with Gasteiger partial charge in [0.25, 0.3) is 0 Å². The highest BCUT2D eigenvalue weighted by molar-refractivity contribution is 6.30. The fraction of sp³-hybridized carbons (Fsp3) is 0.130. The smallest absolute Gasteiger partial charge is 0.249 e. The van der Waals surface area contributed by atoms with Crippen molar-refractivity contribution in [1.82, 2.24) is 9.78 Å². The zero-order valence-corrected chi connectivity index (χ0v) is 17.3. The summed E-state index contributed by atoms with van der Waals surface area (Å²) in [6.07, 6.45) is 6.48. The number of rotatable bonds is 5. The summed E-state index contributed by atoms with van der Waals surface area (Å²) >= 11 is 6.02. The molecule has 31 heavy (non-hydrogen) atoms. The van der Waals surface area contributed by atoms with Crippen LogP contribution in [0.2, 0.25) is 5.02 Å². The molecule has 1 aliphatic rings. The number of anilines is 1. The van der Waals surface area contributed by atoms with E-state index in [9.17, 15) is 13.6 Å². The number of aromatic nitrogens is 2. The third kappa shape index (κ3) is 4.83. The number of halogens is 3. The molecule has 2 aromatic carbocycles. The van der Waals surface area contributed by atoms with E-state index in [1.807, 2.05) is 6.08 Å². The predicted octanol–water partition coefficient (Wildman–Crippen LogP) is 5.14. The van der Waals surface area contributed by atoms with E-state index in [1.54, 1.807) is 37.4 Å². The molecular weight excluding hydrogens is 424 g/mol. The Labute approximate surface area is 182 Å². The second kappa shape index (κ2) is 8.73. The first-order chi connectivity index (χ1) is 14.9. The average Bonchev–Trinajstić information content (AvgIpc) is 3.08. The molecule has 0 spiro atoms. The second-order valence-corrected chi connectivity index (χ2v) is 7.52. The van der Waals surface area contributed by atoms with Crippen LogP contribution in [-0.2, 0) is 11.3 Å². The lowest BCUT2D eigenvalue weighted by Crippen LogP contribution is -2.15. The molecule has 8 heteroatoms. The summed E-state index contributed by atoms with van der Waals surface area (Å²) in [6, 6.07) is 8.56. The quantitative estimate of drug-likeness (QED) is 0.557. The molecule has 0 saturated heterocycles. The number of ether oxygens (including phenoxy) is 1. The molecule has 5 nitrogen and oxygen atoms in total. The molecule has 1 aromatic heterocycles. The molecule has 0 atom stereocenters. The van der Waals surface area contributed by atoms with Crippen LogP contribution in [0.15, 0.2) is 60.3 Å². The summed E-state index contributed by atoms with van der Waals surface area (Å²) in [5.41, 5.74) is 2.47. The number of nitrogens with one attached hydrogen (secondary N) is 1. The molecule has 0 saturated carbocycles. The SMILES string of the molecule is Cc1cnn(Cc2cc(F)ccc2F)c1NC(=O)/C=C/C1=Cc2cc(Cl)ccc2OC1. The first kappa shape index (κ1) is 20.8. The van der Waals surface area contributed by atoms with Crippen LogP contribution in [0.3, 0.4) is 0 Å². The van der Waals surface area contributed by atoms with Crippen LogP contribution in [0.4, 0.5) is 14.6 Å². The topological polar surface area (TPSA) is 56.2 Å². The molecule has 158 valence electrons. The van der Waals surface area contributed by atoms with Crippen molar-refractivity contribution in [1.29, 1.82) is 0 Å². The molecule has 3 aromatic rings. The highest BCUT2D eigenvalue weighted by atomic mass is 35.5. The van der Waals surface area contributed by atoms with Gasteiger partial charge in [0.2, 0.25) is 5.91 Å². The summed E-state index contributed by atoms with van der Waals surface area (Å²) in [5.74, 6) is -0.335. The van der Waals surface area contributed by atoms with Crippen molar-refractivity contribution in [3.63, 3.8) is 0 Å². The molecule has 2 heterocycles. The van der Waals surface area contributed by atoms with Gasteiger partial charge in [-0.15, -0.1) is 0 Å². The molecule has 0 aliphatic carbocycles. The van der Waals surface area contributed by atoms with E-state index in [0.29, 0.717) is 23.0 Å². The van der Waals surface area contributed by atoms with Gasteiger partial charge in [-0.25, -0.2) is 13.5 Å². The second-order valence-electron chi connectivity index (χ2n) is 7.08. The normalized spacial score (nSPS) is 13.0. The van der Waals surface area contributed by atoms with E-state index in [2.05, 4.69) is 10.4 Å². The van der Waals surface area contributed by atoms with Crippen molar-refractivity contribution in [2.45, 2.75) is 13.5 Å². The number of hydrogen-bond acceptors (Lipinski definition) is 3. The van der Waals surface area contributed by atoms with Gasteiger partial charge in [-0.1, -0.05) is 17.7 Å². The molecule has 0 unspecified atom stereocenters. The van der Waals surface area contributed by atoms with Crippen molar-refractivity contribution in [2.75, 3.05) is 11.9 Å². The van der Waals surface area contributed by atoms with E-state index in [0.717, 1.165) is 35.1 Å². The molecule has 1 N–H and O–H groups in total. The first-order valence-corrected chi connectivity index (χ1v) is 9.85. The minimum Gasteiger partial charge on any atom is -0.488 e. The van der Waals surface area contributed by atoms with Crippen LogP contribution >= 0.6 is 11.6 Å². The van der Waals surface area contributed by atoms with Crippen molar-refractivity contribution in [3.8, 4) is 5.75 Å². The van der Waals surface area contributed by atoms with E-state index < -0.39 is 11.6 Å². The fourth-order valence-electron chi connectivity index (χ4n) is 3.19. The lowest BCUT2D eigenvalue weighted by molar-refractivity contribution is -0.112. The molecular formula is C23H18ClF2N3O2. The van der Waals surface area contributed by atoms with Crippen LogP contribution < -0.4 is 10.1 Å². The number of amides is 1. The monoisotopic (exact) mass is 441 g/mol. The summed E-state index contributed by atoms with van der Waals surface area (Å²) in [6.45, 7) is 2.07. The average molecular weight is 442 g/mol. The Morgan fingerprint density at radius 3 is 2.97 bits per heavy atom. The maximum Gasteiger partial charge on any atom is 0.249 e. The Balaban J connectivity index is 1.48. The van der Waals surface area contributed by atoms with Crippen molar-refractivity contribution in [3.05, 3.63) is 93.7 Å². The van der Waals surface area contributed by atoms with Crippen LogP contribution in [0, 0.1) is 18.6 Å². The molecule has 1 amide bonds. The zero-order chi connectivity index (χ0) is 22.0. The summed E-state index contributed by atoms with van der Waals surface area (Å²) in [7, 11) is 0. The molecule has 0 radical (unpaired) electrons. The van der Waals surface area contributed by atoms with Crippen molar-refractivity contribution in [2.24, 2.45) is 0 Å². The Morgan fingerprint density at radius 1 is 1.29 bits per heavy atom. The zero-order valence-electron chi connectivity index (χ0n) is 16.5. The summed E-state index contributed by atoms with van der Waals surface area (Å²) in [5, 5.41) is 7.51. The number of nitrogens with zero attached hydrogens (tertiary/aromatic N) is 2. The van der Waals surface area contributed by atoms with Crippen LogP contribution in [0.1, 0.15) is 16.7 Å². The van der Waals surface area contributed by atoms with Gasteiger partial charge in [-0.05, 0) is 55.0 Å². The predicted molar refractivity (Wildman–Crippen MR) is 115 cm³/mol. The number of carbonyl (C=O) groups excluding carboxylic acids is 1.